The number of esters is 1. The van der Waals surface area contributed by atoms with Gasteiger partial charge in [-0.15, -0.1) is 0 Å². The molecular formula is C48H52O10. The van der Waals surface area contributed by atoms with Crippen molar-refractivity contribution in [3.05, 3.63) is 179 Å². The maximum atomic E-state index is 13.0. The second-order valence-corrected chi connectivity index (χ2v) is 14.4. The van der Waals surface area contributed by atoms with Crippen molar-refractivity contribution in [2.75, 3.05) is 20.3 Å². The standard InChI is InChI=1S/C48H52O10/c1-50-48-46(55-32-38-23-13-5-14-24-38)45(54-31-37-21-11-4-12-22-37)44(53-30-36-19-9-3-10-20-36)42(58-48)34-52-43-28-27-40(51-29-35-17-7-2-8-18-35)41(57-43)33-56-47(49)39-25-15-6-16-26-39/h2-26,40-46,48H,27-34H2,1H3/t40-,41+,42+,43?,44+,45-,46+,48-/m0/s1. The number of ether oxygens (including phenoxy) is 9. The molecule has 5 aromatic carbocycles. The van der Waals surface area contributed by atoms with Crippen LogP contribution in [0.1, 0.15) is 45.5 Å². The molecule has 58 heavy (non-hydrogen) atoms. The second kappa shape index (κ2) is 21.9. The van der Waals surface area contributed by atoms with Gasteiger partial charge in [-0.25, -0.2) is 4.79 Å². The molecule has 0 N–H and O–H groups in total. The lowest BCUT2D eigenvalue weighted by atomic mass is 9.97. The summed E-state index contributed by atoms with van der Waals surface area (Å²) in [4.78, 5) is 13.0. The molecule has 2 heterocycles. The average molecular weight is 789 g/mol. The Kier molecular flexibility index (Phi) is 15.6. The van der Waals surface area contributed by atoms with Crippen molar-refractivity contribution in [3.8, 4) is 0 Å². The molecule has 10 heteroatoms. The molecule has 304 valence electrons. The van der Waals surface area contributed by atoms with E-state index in [4.69, 9.17) is 42.6 Å². The van der Waals surface area contributed by atoms with Gasteiger partial charge in [-0.05, 0) is 40.8 Å². The highest BCUT2D eigenvalue weighted by atomic mass is 16.7. The largest absolute Gasteiger partial charge is 0.459 e. The molecule has 5 aromatic rings. The van der Waals surface area contributed by atoms with Crippen LogP contribution in [0.5, 0.6) is 0 Å². The average Bonchev–Trinajstić information content (AvgIpc) is 3.29. The highest BCUT2D eigenvalue weighted by molar-refractivity contribution is 5.89. The van der Waals surface area contributed by atoms with E-state index in [-0.39, 0.29) is 19.3 Å². The van der Waals surface area contributed by atoms with E-state index in [9.17, 15) is 4.79 Å². The first-order chi connectivity index (χ1) is 28.6. The van der Waals surface area contributed by atoms with E-state index in [1.54, 1.807) is 31.4 Å². The van der Waals surface area contributed by atoms with Crippen LogP contribution in [-0.2, 0) is 69.1 Å². The summed E-state index contributed by atoms with van der Waals surface area (Å²) >= 11 is 0. The van der Waals surface area contributed by atoms with Crippen LogP contribution < -0.4 is 0 Å². The van der Waals surface area contributed by atoms with Gasteiger partial charge in [0.25, 0.3) is 0 Å². The van der Waals surface area contributed by atoms with Gasteiger partial charge in [0.2, 0.25) is 0 Å². The summed E-state index contributed by atoms with van der Waals surface area (Å²) in [6.07, 6.45) is -3.63. The van der Waals surface area contributed by atoms with Crippen molar-refractivity contribution in [1.82, 2.24) is 0 Å². The van der Waals surface area contributed by atoms with Crippen molar-refractivity contribution in [2.45, 2.75) is 88.5 Å². The lowest BCUT2D eigenvalue weighted by Crippen LogP contribution is -2.61. The number of carbonyl (C=O) groups is 1. The third-order valence-electron chi connectivity index (χ3n) is 10.2. The Balaban J connectivity index is 1.08. The molecule has 0 bridgehead atoms. The fraction of sp³-hybridized carbons (Fsp3) is 0.354. The third kappa shape index (κ3) is 11.9. The summed E-state index contributed by atoms with van der Waals surface area (Å²) in [5, 5.41) is 0. The van der Waals surface area contributed by atoms with Crippen molar-refractivity contribution < 1.29 is 47.4 Å². The van der Waals surface area contributed by atoms with Gasteiger partial charge in [0.05, 0.1) is 44.7 Å². The molecule has 2 fully saturated rings. The lowest BCUT2D eigenvalue weighted by Gasteiger charge is -2.46. The fourth-order valence-corrected chi connectivity index (χ4v) is 7.16. The molecule has 2 aliphatic heterocycles. The zero-order valence-electron chi connectivity index (χ0n) is 32.8. The highest BCUT2D eigenvalue weighted by Crippen LogP contribution is 2.32. The summed E-state index contributed by atoms with van der Waals surface area (Å²) in [6, 6.07) is 48.8. The normalized spacial score (nSPS) is 24.6. The van der Waals surface area contributed by atoms with E-state index in [1.807, 2.05) is 127 Å². The predicted octanol–water partition coefficient (Wildman–Crippen LogP) is 8.08. The van der Waals surface area contributed by atoms with E-state index in [1.165, 1.54) is 0 Å². The van der Waals surface area contributed by atoms with Crippen LogP contribution >= 0.6 is 0 Å². The van der Waals surface area contributed by atoms with Crippen LogP contribution in [0.15, 0.2) is 152 Å². The molecule has 0 saturated carbocycles. The molecule has 0 aliphatic carbocycles. The zero-order chi connectivity index (χ0) is 39.8. The van der Waals surface area contributed by atoms with Crippen LogP contribution in [0.2, 0.25) is 0 Å². The molecule has 0 amide bonds. The van der Waals surface area contributed by atoms with E-state index in [0.29, 0.717) is 44.8 Å². The Hall–Kier alpha value is -4.75. The van der Waals surface area contributed by atoms with Crippen LogP contribution in [0.4, 0.5) is 0 Å². The van der Waals surface area contributed by atoms with Gasteiger partial charge < -0.3 is 42.6 Å². The number of rotatable bonds is 19. The van der Waals surface area contributed by atoms with Crippen molar-refractivity contribution in [2.24, 2.45) is 0 Å². The van der Waals surface area contributed by atoms with Gasteiger partial charge in [0.15, 0.2) is 12.6 Å². The molecule has 1 unspecified atom stereocenters. The SMILES string of the molecule is CO[C@H]1O[C@H](COC2CC[C@H](OCc3ccccc3)[C@@H](COC(=O)c3ccccc3)O2)[C@@H](OCc2ccccc2)[C@H](OCc2ccccc2)[C@H]1OCc1ccccc1. The zero-order valence-corrected chi connectivity index (χ0v) is 32.8. The first-order valence-electron chi connectivity index (χ1n) is 19.9. The van der Waals surface area contributed by atoms with Crippen molar-refractivity contribution in [3.63, 3.8) is 0 Å². The summed E-state index contributed by atoms with van der Waals surface area (Å²) in [5.41, 5.74) is 4.53. The minimum absolute atomic E-state index is 0.00261. The Labute approximate surface area is 340 Å². The number of carbonyl (C=O) groups excluding carboxylic acids is 1. The Morgan fingerprint density at radius 2 is 0.966 bits per heavy atom. The fourth-order valence-electron chi connectivity index (χ4n) is 7.16. The van der Waals surface area contributed by atoms with E-state index < -0.39 is 49.1 Å². The molecule has 2 aliphatic rings. The monoisotopic (exact) mass is 788 g/mol. The minimum Gasteiger partial charge on any atom is -0.459 e. The topological polar surface area (TPSA) is 100 Å². The van der Waals surface area contributed by atoms with E-state index in [0.717, 1.165) is 22.3 Å². The molecule has 10 nitrogen and oxygen atoms in total. The van der Waals surface area contributed by atoms with Gasteiger partial charge in [-0.1, -0.05) is 140 Å². The summed E-state index contributed by atoms with van der Waals surface area (Å²) in [6.45, 7) is 1.46. The minimum atomic E-state index is -0.789. The van der Waals surface area contributed by atoms with E-state index in [2.05, 4.69) is 0 Å². The number of benzene rings is 5. The quantitative estimate of drug-likeness (QED) is 0.0764. The highest BCUT2D eigenvalue weighted by Gasteiger charge is 2.49. The lowest BCUT2D eigenvalue weighted by molar-refractivity contribution is -0.331. The summed E-state index contributed by atoms with van der Waals surface area (Å²) in [7, 11) is 1.60. The summed E-state index contributed by atoms with van der Waals surface area (Å²) < 4.78 is 57.8. The molecular weight excluding hydrogens is 737 g/mol. The second-order valence-electron chi connectivity index (χ2n) is 14.4. The number of hydrogen-bond acceptors (Lipinski definition) is 10. The van der Waals surface area contributed by atoms with Crippen LogP contribution in [0.25, 0.3) is 0 Å². The Bertz CT molecular complexity index is 1900. The molecule has 8 atom stereocenters. The van der Waals surface area contributed by atoms with Crippen LogP contribution in [0, 0.1) is 0 Å². The number of methoxy groups -OCH3 is 1. The molecule has 7 rings (SSSR count). The Morgan fingerprint density at radius 3 is 1.48 bits per heavy atom. The Morgan fingerprint density at radius 1 is 0.500 bits per heavy atom. The molecule has 2 saturated heterocycles. The maximum Gasteiger partial charge on any atom is 0.338 e. The maximum absolute atomic E-state index is 13.0. The summed E-state index contributed by atoms with van der Waals surface area (Å²) in [5.74, 6) is -0.431. The molecule has 0 spiro atoms. The smallest absolute Gasteiger partial charge is 0.338 e. The van der Waals surface area contributed by atoms with Gasteiger partial charge in [-0.2, -0.15) is 0 Å². The third-order valence-corrected chi connectivity index (χ3v) is 10.2. The first-order valence-corrected chi connectivity index (χ1v) is 19.9. The predicted molar refractivity (Wildman–Crippen MR) is 216 cm³/mol. The molecule has 0 aromatic heterocycles. The molecule has 0 radical (unpaired) electrons. The van der Waals surface area contributed by atoms with Crippen LogP contribution in [0.3, 0.4) is 0 Å². The van der Waals surface area contributed by atoms with E-state index >= 15 is 0 Å². The van der Waals surface area contributed by atoms with Crippen molar-refractivity contribution >= 4 is 5.97 Å². The van der Waals surface area contributed by atoms with Gasteiger partial charge in [0.1, 0.15) is 37.1 Å². The first kappa shape index (κ1) is 41.4. The van der Waals surface area contributed by atoms with Crippen molar-refractivity contribution in [1.29, 1.82) is 0 Å². The van der Waals surface area contributed by atoms with Crippen LogP contribution in [-0.4, -0.2) is 75.5 Å². The number of hydrogen-bond donors (Lipinski definition) is 0. The van der Waals surface area contributed by atoms with Gasteiger partial charge in [-0.3, -0.25) is 0 Å². The van der Waals surface area contributed by atoms with Gasteiger partial charge >= 0.3 is 5.97 Å². The van der Waals surface area contributed by atoms with Gasteiger partial charge in [0, 0.05) is 13.5 Å².